The normalized spacial score (nSPS) is 20.3. The molecule has 7 nitrogen and oxygen atoms in total. The second kappa shape index (κ2) is 11.2. The van der Waals surface area contributed by atoms with Crippen molar-refractivity contribution in [1.29, 1.82) is 0 Å². The lowest BCUT2D eigenvalue weighted by Crippen LogP contribution is -2.53. The standard InChI is InChI=1S/C25H27Cl2FN6O.CH4/c1-16-14-32(24-19(26)4-3-7-29-24)8-9-33(16)23-13-22(18-5-6-21(28)20(27)12-18)30-25(31-23)34-10-11-35-15-17(34)2;/h3-7,12-13,16-17H,8-11,14-15H2,1-2H3;1H4/t16-,17+;/m1./s1. The minimum absolute atomic E-state index is 0. The molecule has 0 bridgehead atoms. The van der Waals surface area contributed by atoms with Gasteiger partial charge >= 0.3 is 0 Å². The van der Waals surface area contributed by atoms with Crippen molar-refractivity contribution >= 4 is 40.8 Å². The molecule has 3 aromatic rings. The number of hydrogen-bond donors (Lipinski definition) is 0. The van der Waals surface area contributed by atoms with Crippen LogP contribution in [0.3, 0.4) is 0 Å². The van der Waals surface area contributed by atoms with Crippen molar-refractivity contribution in [2.75, 3.05) is 54.1 Å². The van der Waals surface area contributed by atoms with E-state index in [1.807, 2.05) is 18.2 Å². The van der Waals surface area contributed by atoms with E-state index in [0.29, 0.717) is 36.4 Å². The Kier molecular flexibility index (Phi) is 8.17. The second-order valence-corrected chi connectivity index (χ2v) is 9.77. The average Bonchev–Trinajstić information content (AvgIpc) is 2.86. The number of morpholine rings is 1. The summed E-state index contributed by atoms with van der Waals surface area (Å²) < 4.78 is 19.5. The fourth-order valence-electron chi connectivity index (χ4n) is 4.63. The molecule has 2 saturated heterocycles. The van der Waals surface area contributed by atoms with Gasteiger partial charge in [-0.2, -0.15) is 4.98 Å². The number of benzene rings is 1. The molecule has 2 fully saturated rings. The predicted molar refractivity (Wildman–Crippen MR) is 145 cm³/mol. The zero-order chi connectivity index (χ0) is 24.5. The van der Waals surface area contributed by atoms with Crippen molar-refractivity contribution in [2.24, 2.45) is 0 Å². The van der Waals surface area contributed by atoms with Crippen molar-refractivity contribution in [1.82, 2.24) is 15.0 Å². The summed E-state index contributed by atoms with van der Waals surface area (Å²) in [5, 5.41) is 0.715. The quantitative estimate of drug-likeness (QED) is 0.435. The molecule has 0 amide bonds. The minimum Gasteiger partial charge on any atom is -0.377 e. The minimum atomic E-state index is -0.454. The molecule has 2 atom stereocenters. The van der Waals surface area contributed by atoms with E-state index in [-0.39, 0.29) is 24.5 Å². The van der Waals surface area contributed by atoms with Gasteiger partial charge in [0.25, 0.3) is 0 Å². The molecule has 0 saturated carbocycles. The Labute approximate surface area is 221 Å². The molecule has 0 N–H and O–H groups in total. The molecule has 1 aromatic carbocycles. The van der Waals surface area contributed by atoms with Crippen LogP contribution < -0.4 is 14.7 Å². The topological polar surface area (TPSA) is 57.6 Å². The van der Waals surface area contributed by atoms with E-state index in [4.69, 9.17) is 37.9 Å². The molecule has 192 valence electrons. The lowest BCUT2D eigenvalue weighted by atomic mass is 10.1. The summed E-state index contributed by atoms with van der Waals surface area (Å²) in [7, 11) is 0. The number of aromatic nitrogens is 3. The maximum atomic E-state index is 13.8. The molecular weight excluding hydrogens is 502 g/mol. The maximum absolute atomic E-state index is 13.8. The van der Waals surface area contributed by atoms with E-state index >= 15 is 0 Å². The number of hydrogen-bond acceptors (Lipinski definition) is 7. The molecule has 0 radical (unpaired) electrons. The zero-order valence-corrected chi connectivity index (χ0v) is 21.2. The Balaban J connectivity index is 0.00000304. The van der Waals surface area contributed by atoms with E-state index in [9.17, 15) is 4.39 Å². The van der Waals surface area contributed by atoms with Gasteiger partial charge in [0.1, 0.15) is 17.5 Å². The number of pyridine rings is 1. The molecule has 2 aromatic heterocycles. The summed E-state index contributed by atoms with van der Waals surface area (Å²) >= 11 is 12.5. The third-order valence-corrected chi connectivity index (χ3v) is 7.09. The zero-order valence-electron chi connectivity index (χ0n) is 19.7. The fraction of sp³-hybridized carbons (Fsp3) is 0.423. The van der Waals surface area contributed by atoms with Crippen LogP contribution in [0.5, 0.6) is 0 Å². The molecular formula is C26H31Cl2FN6O. The van der Waals surface area contributed by atoms with Crippen LogP contribution in [-0.2, 0) is 4.74 Å². The van der Waals surface area contributed by atoms with Crippen LogP contribution in [0, 0.1) is 5.82 Å². The second-order valence-electron chi connectivity index (χ2n) is 8.95. The van der Waals surface area contributed by atoms with Crippen LogP contribution in [0.1, 0.15) is 21.3 Å². The smallest absolute Gasteiger partial charge is 0.228 e. The molecule has 0 unspecified atom stereocenters. The fourth-order valence-corrected chi connectivity index (χ4v) is 5.05. The number of ether oxygens (including phenoxy) is 1. The van der Waals surface area contributed by atoms with E-state index in [0.717, 1.165) is 36.8 Å². The van der Waals surface area contributed by atoms with Gasteiger partial charge in [-0.25, -0.2) is 14.4 Å². The van der Waals surface area contributed by atoms with Crippen LogP contribution in [-0.4, -0.2) is 66.4 Å². The molecule has 4 heterocycles. The van der Waals surface area contributed by atoms with Gasteiger partial charge in [-0.15, -0.1) is 0 Å². The molecule has 2 aliphatic heterocycles. The van der Waals surface area contributed by atoms with Gasteiger partial charge in [0.2, 0.25) is 5.95 Å². The SMILES string of the molecule is C.C[C@@H]1CN(c2ncccc2Cl)CCN1c1cc(-c2ccc(F)c(Cl)c2)nc(N2CCOC[C@@H]2C)n1. The van der Waals surface area contributed by atoms with Crippen LogP contribution in [0.25, 0.3) is 11.3 Å². The lowest BCUT2D eigenvalue weighted by molar-refractivity contribution is 0.0981. The van der Waals surface area contributed by atoms with Crippen molar-refractivity contribution in [2.45, 2.75) is 33.4 Å². The van der Waals surface area contributed by atoms with Crippen molar-refractivity contribution in [3.05, 3.63) is 58.5 Å². The van der Waals surface area contributed by atoms with E-state index in [1.54, 1.807) is 18.3 Å². The summed E-state index contributed by atoms with van der Waals surface area (Å²) in [4.78, 5) is 21.0. The molecule has 0 aliphatic carbocycles. The number of piperazine rings is 1. The highest BCUT2D eigenvalue weighted by Crippen LogP contribution is 2.32. The summed E-state index contributed by atoms with van der Waals surface area (Å²) in [5.41, 5.74) is 1.45. The average molecular weight is 533 g/mol. The first-order chi connectivity index (χ1) is 16.9. The Hall–Kier alpha value is -2.68. The highest BCUT2D eigenvalue weighted by atomic mass is 35.5. The van der Waals surface area contributed by atoms with Crippen LogP contribution in [0.2, 0.25) is 10.0 Å². The predicted octanol–water partition coefficient (Wildman–Crippen LogP) is 5.56. The van der Waals surface area contributed by atoms with Crippen molar-refractivity contribution < 1.29 is 9.13 Å². The van der Waals surface area contributed by atoms with E-state index in [2.05, 4.69) is 33.5 Å². The first kappa shape index (κ1) is 26.4. The monoisotopic (exact) mass is 532 g/mol. The third-order valence-electron chi connectivity index (χ3n) is 6.50. The molecule has 2 aliphatic rings. The van der Waals surface area contributed by atoms with Gasteiger partial charge in [0.15, 0.2) is 0 Å². The van der Waals surface area contributed by atoms with Gasteiger partial charge in [-0.1, -0.05) is 30.6 Å². The molecule has 5 rings (SSSR count). The maximum Gasteiger partial charge on any atom is 0.228 e. The summed E-state index contributed by atoms with van der Waals surface area (Å²) in [5.74, 6) is 1.80. The summed E-state index contributed by atoms with van der Waals surface area (Å²) in [6.45, 7) is 8.45. The largest absolute Gasteiger partial charge is 0.377 e. The third kappa shape index (κ3) is 5.36. The first-order valence-corrected chi connectivity index (χ1v) is 12.5. The lowest BCUT2D eigenvalue weighted by Gasteiger charge is -2.42. The Morgan fingerprint density at radius 1 is 0.972 bits per heavy atom. The van der Waals surface area contributed by atoms with Gasteiger partial charge in [-0.3, -0.25) is 0 Å². The molecule has 36 heavy (non-hydrogen) atoms. The first-order valence-electron chi connectivity index (χ1n) is 11.7. The van der Waals surface area contributed by atoms with Crippen LogP contribution in [0.15, 0.2) is 42.6 Å². The van der Waals surface area contributed by atoms with Crippen molar-refractivity contribution in [3.8, 4) is 11.3 Å². The van der Waals surface area contributed by atoms with E-state index in [1.165, 1.54) is 6.07 Å². The summed E-state index contributed by atoms with van der Waals surface area (Å²) in [6, 6.07) is 10.6. The highest BCUT2D eigenvalue weighted by Gasteiger charge is 2.29. The van der Waals surface area contributed by atoms with Crippen LogP contribution in [0.4, 0.5) is 22.0 Å². The van der Waals surface area contributed by atoms with E-state index < -0.39 is 5.82 Å². The number of nitrogens with zero attached hydrogens (tertiary/aromatic N) is 6. The van der Waals surface area contributed by atoms with Crippen molar-refractivity contribution in [3.63, 3.8) is 0 Å². The molecule has 10 heteroatoms. The number of anilines is 3. The highest BCUT2D eigenvalue weighted by molar-refractivity contribution is 6.33. The Morgan fingerprint density at radius 2 is 1.81 bits per heavy atom. The van der Waals surface area contributed by atoms with Gasteiger partial charge in [0, 0.05) is 50.0 Å². The van der Waals surface area contributed by atoms with Crippen LogP contribution >= 0.6 is 23.2 Å². The number of rotatable bonds is 4. The van der Waals surface area contributed by atoms with Gasteiger partial charge in [0.05, 0.1) is 35.0 Å². The van der Waals surface area contributed by atoms with Gasteiger partial charge < -0.3 is 19.4 Å². The Morgan fingerprint density at radius 3 is 2.53 bits per heavy atom. The van der Waals surface area contributed by atoms with Gasteiger partial charge in [-0.05, 0) is 44.2 Å². The molecule has 0 spiro atoms. The Bertz CT molecular complexity index is 1210. The summed E-state index contributed by atoms with van der Waals surface area (Å²) in [6.07, 6.45) is 1.76. The number of halogens is 3.